The maximum absolute atomic E-state index is 13.6. The molecule has 1 saturated carbocycles. The summed E-state index contributed by atoms with van der Waals surface area (Å²) < 4.78 is 14.2. The van der Waals surface area contributed by atoms with E-state index >= 15 is 0 Å². The summed E-state index contributed by atoms with van der Waals surface area (Å²) in [6, 6.07) is 15.6. The average molecular weight is 417 g/mol. The summed E-state index contributed by atoms with van der Waals surface area (Å²) in [5.41, 5.74) is 2.60. The van der Waals surface area contributed by atoms with Gasteiger partial charge in [0.2, 0.25) is 5.95 Å². The normalized spacial score (nSPS) is 13.4. The Morgan fingerprint density at radius 2 is 1.90 bits per heavy atom. The third kappa shape index (κ3) is 3.61. The van der Waals surface area contributed by atoms with E-state index in [0.29, 0.717) is 46.9 Å². The first kappa shape index (κ1) is 19.2. The van der Waals surface area contributed by atoms with Crippen molar-refractivity contribution in [2.75, 3.05) is 19.5 Å². The second-order valence-electron chi connectivity index (χ2n) is 7.55. The van der Waals surface area contributed by atoms with Crippen molar-refractivity contribution in [1.82, 2.24) is 19.1 Å². The highest BCUT2D eigenvalue weighted by atomic mass is 16.5. The molecule has 5 rings (SSSR count). The maximum Gasteiger partial charge on any atom is 0.335 e. The molecule has 0 saturated heterocycles. The summed E-state index contributed by atoms with van der Waals surface area (Å²) in [5.74, 6) is 1.69. The number of anilines is 1. The smallest absolute Gasteiger partial charge is 0.335 e. The number of methoxy groups -OCH3 is 2. The van der Waals surface area contributed by atoms with Crippen LogP contribution < -0.4 is 20.5 Å². The van der Waals surface area contributed by atoms with Gasteiger partial charge in [-0.3, -0.25) is 4.57 Å². The molecule has 0 radical (unpaired) electrons. The van der Waals surface area contributed by atoms with Crippen molar-refractivity contribution in [1.29, 1.82) is 0 Å². The third-order valence-corrected chi connectivity index (χ3v) is 5.40. The van der Waals surface area contributed by atoms with Crippen LogP contribution in [0.25, 0.3) is 16.9 Å². The number of hydrogen-bond acceptors (Lipinski definition) is 6. The number of nitrogens with one attached hydrogen (secondary N) is 1. The molecule has 2 aromatic carbocycles. The van der Waals surface area contributed by atoms with Gasteiger partial charge < -0.3 is 14.8 Å². The van der Waals surface area contributed by atoms with E-state index in [-0.39, 0.29) is 5.69 Å². The summed E-state index contributed by atoms with van der Waals surface area (Å²) in [7, 11) is 3.16. The Kier molecular flexibility index (Phi) is 4.82. The van der Waals surface area contributed by atoms with Crippen molar-refractivity contribution in [3.8, 4) is 17.2 Å². The molecule has 1 fully saturated rings. The van der Waals surface area contributed by atoms with E-state index < -0.39 is 0 Å². The number of hydrogen-bond donors (Lipinski definition) is 1. The van der Waals surface area contributed by atoms with Gasteiger partial charge in [0.15, 0.2) is 5.65 Å². The van der Waals surface area contributed by atoms with E-state index in [4.69, 9.17) is 14.5 Å². The predicted molar refractivity (Wildman–Crippen MR) is 118 cm³/mol. The molecule has 0 bridgehead atoms. The number of imidazole rings is 1. The van der Waals surface area contributed by atoms with Gasteiger partial charge in [0.25, 0.3) is 0 Å². The van der Waals surface area contributed by atoms with Gasteiger partial charge >= 0.3 is 5.69 Å². The lowest BCUT2D eigenvalue weighted by Gasteiger charge is -2.11. The maximum atomic E-state index is 13.6. The molecule has 0 amide bonds. The van der Waals surface area contributed by atoms with Crippen LogP contribution in [0.4, 0.5) is 5.95 Å². The zero-order valence-corrected chi connectivity index (χ0v) is 17.4. The summed E-state index contributed by atoms with van der Waals surface area (Å²) in [6.07, 6.45) is 3.93. The summed E-state index contributed by atoms with van der Waals surface area (Å²) in [5, 5.41) is 3.31. The van der Waals surface area contributed by atoms with E-state index in [0.717, 1.165) is 18.4 Å². The Morgan fingerprint density at radius 1 is 1.10 bits per heavy atom. The summed E-state index contributed by atoms with van der Waals surface area (Å²) in [6.45, 7) is 0.417. The zero-order chi connectivity index (χ0) is 21.4. The van der Waals surface area contributed by atoms with Crippen molar-refractivity contribution in [2.24, 2.45) is 0 Å². The van der Waals surface area contributed by atoms with Gasteiger partial charge in [0, 0.05) is 12.1 Å². The molecule has 1 aliphatic carbocycles. The van der Waals surface area contributed by atoms with E-state index in [1.54, 1.807) is 41.7 Å². The van der Waals surface area contributed by atoms with Crippen LogP contribution >= 0.6 is 0 Å². The number of rotatable bonds is 7. The lowest BCUT2D eigenvalue weighted by Crippen LogP contribution is -2.24. The quantitative estimate of drug-likeness (QED) is 0.497. The van der Waals surface area contributed by atoms with Gasteiger partial charge in [-0.05, 0) is 30.5 Å². The highest BCUT2D eigenvalue weighted by molar-refractivity contribution is 5.75. The fraction of sp³-hybridized carbons (Fsp3) is 0.261. The highest BCUT2D eigenvalue weighted by Crippen LogP contribution is 2.30. The van der Waals surface area contributed by atoms with Gasteiger partial charge in [-0.1, -0.05) is 30.3 Å². The first-order valence-corrected chi connectivity index (χ1v) is 10.2. The second-order valence-corrected chi connectivity index (χ2v) is 7.55. The van der Waals surface area contributed by atoms with Crippen molar-refractivity contribution < 1.29 is 9.47 Å². The minimum atomic E-state index is -0.208. The Morgan fingerprint density at radius 3 is 2.61 bits per heavy atom. The minimum Gasteiger partial charge on any atom is -0.497 e. The molecule has 1 aliphatic rings. The fourth-order valence-corrected chi connectivity index (χ4v) is 3.62. The molecule has 0 unspecified atom stereocenters. The molecule has 0 spiro atoms. The van der Waals surface area contributed by atoms with Gasteiger partial charge in [0.1, 0.15) is 17.0 Å². The molecule has 31 heavy (non-hydrogen) atoms. The molecule has 8 nitrogen and oxygen atoms in total. The van der Waals surface area contributed by atoms with Crippen LogP contribution in [-0.2, 0) is 6.54 Å². The molecular formula is C23H23N5O3. The second kappa shape index (κ2) is 7.79. The van der Waals surface area contributed by atoms with Gasteiger partial charge in [-0.25, -0.2) is 14.3 Å². The van der Waals surface area contributed by atoms with Crippen molar-refractivity contribution in [3.63, 3.8) is 0 Å². The number of ether oxygens (including phenoxy) is 2. The molecule has 2 heterocycles. The topological polar surface area (TPSA) is 83.2 Å². The first-order chi connectivity index (χ1) is 15.2. The zero-order valence-electron chi connectivity index (χ0n) is 17.4. The number of nitrogens with zero attached hydrogens (tertiary/aromatic N) is 4. The van der Waals surface area contributed by atoms with Gasteiger partial charge in [-0.15, -0.1) is 0 Å². The lowest BCUT2D eigenvalue weighted by molar-refractivity contribution is 0.393. The highest BCUT2D eigenvalue weighted by Gasteiger charge is 2.24. The van der Waals surface area contributed by atoms with E-state index in [2.05, 4.69) is 10.3 Å². The first-order valence-electron chi connectivity index (χ1n) is 10.2. The molecule has 2 aromatic heterocycles. The number of aromatic nitrogens is 4. The SMILES string of the molecule is COc1ccc(-n2c(=O)n(Cc3ccccc3)c3cnc(NC4CC4)nc32)c(OC)c1. The predicted octanol–water partition coefficient (Wildman–Crippen LogP) is 3.22. The van der Waals surface area contributed by atoms with Crippen LogP contribution in [-0.4, -0.2) is 39.4 Å². The van der Waals surface area contributed by atoms with Crippen LogP contribution in [0.1, 0.15) is 18.4 Å². The largest absolute Gasteiger partial charge is 0.497 e. The Hall–Kier alpha value is -3.81. The minimum absolute atomic E-state index is 0.208. The Labute approximate surface area is 179 Å². The van der Waals surface area contributed by atoms with Crippen LogP contribution in [0.3, 0.4) is 0 Å². The fourth-order valence-electron chi connectivity index (χ4n) is 3.62. The Bertz CT molecular complexity index is 1290. The lowest BCUT2D eigenvalue weighted by atomic mass is 10.2. The van der Waals surface area contributed by atoms with E-state index in [9.17, 15) is 4.79 Å². The van der Waals surface area contributed by atoms with Gasteiger partial charge in [0.05, 0.1) is 32.6 Å². The van der Waals surface area contributed by atoms with Crippen molar-refractivity contribution >= 4 is 17.1 Å². The molecule has 4 aromatic rings. The molecule has 8 heteroatoms. The molecule has 1 N–H and O–H groups in total. The monoisotopic (exact) mass is 417 g/mol. The van der Waals surface area contributed by atoms with E-state index in [1.807, 2.05) is 36.4 Å². The third-order valence-electron chi connectivity index (χ3n) is 5.40. The Balaban J connectivity index is 1.72. The van der Waals surface area contributed by atoms with Crippen molar-refractivity contribution in [2.45, 2.75) is 25.4 Å². The number of fused-ring (bicyclic) bond motifs is 1. The number of benzene rings is 2. The van der Waals surface area contributed by atoms with Crippen LogP contribution in [0.15, 0.2) is 59.5 Å². The molecule has 0 aliphatic heterocycles. The average Bonchev–Trinajstić information content (AvgIpc) is 3.58. The molecule has 0 atom stereocenters. The summed E-state index contributed by atoms with van der Waals surface area (Å²) in [4.78, 5) is 22.8. The standard InChI is InChI=1S/C23H23N5O3/c1-30-17-10-11-18(20(12-17)31-2)28-21-19(13-24-22(26-21)25-16-8-9-16)27(23(28)29)14-15-6-4-3-5-7-15/h3-7,10-13,16H,8-9,14H2,1-2H3,(H,24,25,26). The molecular weight excluding hydrogens is 394 g/mol. The van der Waals surface area contributed by atoms with Crippen molar-refractivity contribution in [3.05, 3.63) is 70.8 Å². The molecule has 158 valence electrons. The van der Waals surface area contributed by atoms with Crippen LogP contribution in [0.5, 0.6) is 11.5 Å². The van der Waals surface area contributed by atoms with E-state index in [1.165, 1.54) is 0 Å². The van der Waals surface area contributed by atoms with Crippen LogP contribution in [0.2, 0.25) is 0 Å². The summed E-state index contributed by atoms with van der Waals surface area (Å²) >= 11 is 0. The van der Waals surface area contributed by atoms with Gasteiger partial charge in [-0.2, -0.15) is 4.98 Å². The van der Waals surface area contributed by atoms with Crippen LogP contribution in [0, 0.1) is 0 Å².